The maximum atomic E-state index is 13.7. The molecule has 0 saturated carbocycles. The van der Waals surface area contributed by atoms with Crippen molar-refractivity contribution in [3.8, 4) is 0 Å². The molecule has 134 valence electrons. The number of carbonyl (C=O) groups is 2. The molecule has 7 nitrogen and oxygen atoms in total. The number of hydrogen-bond acceptors (Lipinski definition) is 5. The molecule has 0 spiro atoms. The molecule has 2 rings (SSSR count). The Bertz CT molecular complexity index is 764. The fraction of sp³-hybridized carbons (Fsp3) is 0.312. The van der Waals surface area contributed by atoms with Crippen molar-refractivity contribution in [1.82, 2.24) is 9.88 Å². The van der Waals surface area contributed by atoms with Gasteiger partial charge in [0.05, 0.1) is 19.3 Å². The standard InChI is InChI=1S/C16H17F2N3O4/c1-3-6-21(8-14-19-13(9-25-14)15(22)24-2)16(23)20-12-5-4-10(17)7-11(12)18/h4-5,7,9H,3,6,8H2,1-2H3,(H,20,23). The Kier molecular flexibility index (Phi) is 6.04. The Morgan fingerprint density at radius 1 is 1.36 bits per heavy atom. The van der Waals surface area contributed by atoms with Crippen molar-refractivity contribution in [1.29, 1.82) is 0 Å². The molecule has 1 aromatic heterocycles. The van der Waals surface area contributed by atoms with E-state index in [0.717, 1.165) is 18.4 Å². The Hall–Kier alpha value is -2.97. The number of amides is 2. The number of anilines is 1. The molecule has 0 bridgehead atoms. The SMILES string of the molecule is CCCN(Cc1nc(C(=O)OC)co1)C(=O)Nc1ccc(F)cc1F. The summed E-state index contributed by atoms with van der Waals surface area (Å²) in [6.45, 7) is 2.16. The third kappa shape index (κ3) is 4.75. The summed E-state index contributed by atoms with van der Waals surface area (Å²) in [7, 11) is 1.21. The van der Waals surface area contributed by atoms with Gasteiger partial charge in [0.1, 0.15) is 17.9 Å². The van der Waals surface area contributed by atoms with E-state index in [0.29, 0.717) is 19.0 Å². The van der Waals surface area contributed by atoms with E-state index in [1.165, 1.54) is 12.0 Å². The number of nitrogens with zero attached hydrogens (tertiary/aromatic N) is 2. The quantitative estimate of drug-likeness (QED) is 0.806. The van der Waals surface area contributed by atoms with Crippen LogP contribution in [-0.2, 0) is 11.3 Å². The minimum atomic E-state index is -0.881. The van der Waals surface area contributed by atoms with Crippen LogP contribution in [-0.4, -0.2) is 35.5 Å². The minimum absolute atomic E-state index is 0.0149. The molecule has 25 heavy (non-hydrogen) atoms. The number of halogens is 2. The van der Waals surface area contributed by atoms with Gasteiger partial charge in [0.2, 0.25) is 5.89 Å². The van der Waals surface area contributed by atoms with Crippen LogP contribution in [0.5, 0.6) is 0 Å². The van der Waals surface area contributed by atoms with E-state index in [9.17, 15) is 18.4 Å². The topological polar surface area (TPSA) is 84.7 Å². The second-order valence-electron chi connectivity index (χ2n) is 5.09. The molecule has 2 amide bonds. The predicted molar refractivity (Wildman–Crippen MR) is 83.9 cm³/mol. The van der Waals surface area contributed by atoms with Gasteiger partial charge in [-0.2, -0.15) is 0 Å². The zero-order chi connectivity index (χ0) is 18.4. The summed E-state index contributed by atoms with van der Waals surface area (Å²) in [5.41, 5.74) is -0.158. The van der Waals surface area contributed by atoms with Gasteiger partial charge in [-0.15, -0.1) is 0 Å². The molecule has 1 heterocycles. The Labute approximate surface area is 142 Å². The average molecular weight is 353 g/mol. The van der Waals surface area contributed by atoms with Crippen molar-refractivity contribution >= 4 is 17.7 Å². The van der Waals surface area contributed by atoms with Gasteiger partial charge < -0.3 is 19.4 Å². The smallest absolute Gasteiger partial charge is 0.360 e. The highest BCUT2D eigenvalue weighted by atomic mass is 19.1. The van der Waals surface area contributed by atoms with Gasteiger partial charge in [0, 0.05) is 12.6 Å². The van der Waals surface area contributed by atoms with Crippen LogP contribution in [0.2, 0.25) is 0 Å². The summed E-state index contributed by atoms with van der Waals surface area (Å²) in [5.74, 6) is -2.15. The van der Waals surface area contributed by atoms with Crippen LogP contribution >= 0.6 is 0 Å². The van der Waals surface area contributed by atoms with Crippen LogP contribution < -0.4 is 5.32 Å². The first-order valence-corrected chi connectivity index (χ1v) is 7.48. The molecule has 0 saturated heterocycles. The van der Waals surface area contributed by atoms with Gasteiger partial charge in [0.15, 0.2) is 5.69 Å². The van der Waals surface area contributed by atoms with Crippen LogP contribution in [0.3, 0.4) is 0 Å². The van der Waals surface area contributed by atoms with Crippen molar-refractivity contribution in [2.24, 2.45) is 0 Å². The number of nitrogens with one attached hydrogen (secondary N) is 1. The van der Waals surface area contributed by atoms with Gasteiger partial charge in [-0.25, -0.2) is 23.4 Å². The molecular formula is C16H17F2N3O4. The average Bonchev–Trinajstić information content (AvgIpc) is 3.05. The minimum Gasteiger partial charge on any atom is -0.464 e. The number of esters is 1. The maximum Gasteiger partial charge on any atom is 0.360 e. The molecule has 1 N–H and O–H groups in total. The van der Waals surface area contributed by atoms with Gasteiger partial charge >= 0.3 is 12.0 Å². The van der Waals surface area contributed by atoms with E-state index in [1.54, 1.807) is 0 Å². The number of benzene rings is 1. The van der Waals surface area contributed by atoms with E-state index < -0.39 is 23.6 Å². The predicted octanol–water partition coefficient (Wildman–Crippen LogP) is 3.18. The zero-order valence-corrected chi connectivity index (χ0v) is 13.7. The van der Waals surface area contributed by atoms with Crippen molar-refractivity contribution in [2.75, 3.05) is 19.0 Å². The van der Waals surface area contributed by atoms with E-state index in [1.807, 2.05) is 6.92 Å². The largest absolute Gasteiger partial charge is 0.464 e. The molecule has 0 radical (unpaired) electrons. The second-order valence-corrected chi connectivity index (χ2v) is 5.09. The van der Waals surface area contributed by atoms with Crippen molar-refractivity contribution in [2.45, 2.75) is 19.9 Å². The fourth-order valence-electron chi connectivity index (χ4n) is 2.05. The molecule has 0 aliphatic heterocycles. The Morgan fingerprint density at radius 2 is 2.12 bits per heavy atom. The number of oxazole rings is 1. The first-order chi connectivity index (χ1) is 11.9. The summed E-state index contributed by atoms with van der Waals surface area (Å²) < 4.78 is 36.3. The van der Waals surface area contributed by atoms with Gasteiger partial charge in [-0.1, -0.05) is 6.92 Å². The number of hydrogen-bond donors (Lipinski definition) is 1. The number of aromatic nitrogens is 1. The summed E-state index contributed by atoms with van der Waals surface area (Å²) in [6, 6.07) is 2.24. The molecule has 2 aromatic rings. The first-order valence-electron chi connectivity index (χ1n) is 7.48. The Morgan fingerprint density at radius 3 is 2.76 bits per heavy atom. The highest BCUT2D eigenvalue weighted by Gasteiger charge is 2.19. The van der Waals surface area contributed by atoms with Crippen LogP contribution in [0.15, 0.2) is 28.9 Å². The molecule has 0 fully saturated rings. The maximum absolute atomic E-state index is 13.7. The number of ether oxygens (including phenoxy) is 1. The van der Waals surface area contributed by atoms with Crippen molar-refractivity contribution < 1.29 is 27.5 Å². The zero-order valence-electron chi connectivity index (χ0n) is 13.7. The highest BCUT2D eigenvalue weighted by molar-refractivity contribution is 5.89. The fourth-order valence-corrected chi connectivity index (χ4v) is 2.05. The molecule has 1 aromatic carbocycles. The number of urea groups is 1. The van der Waals surface area contributed by atoms with Gasteiger partial charge in [0.25, 0.3) is 0 Å². The summed E-state index contributed by atoms with van der Waals surface area (Å²) in [4.78, 5) is 29.0. The second kappa shape index (κ2) is 8.22. The highest BCUT2D eigenvalue weighted by Crippen LogP contribution is 2.16. The van der Waals surface area contributed by atoms with Crippen LogP contribution in [0.4, 0.5) is 19.3 Å². The van der Waals surface area contributed by atoms with Gasteiger partial charge in [-0.05, 0) is 18.6 Å². The summed E-state index contributed by atoms with van der Waals surface area (Å²) >= 11 is 0. The molecule has 0 aliphatic carbocycles. The normalized spacial score (nSPS) is 10.4. The van der Waals surface area contributed by atoms with Crippen molar-refractivity contribution in [3.05, 3.63) is 47.7 Å². The lowest BCUT2D eigenvalue weighted by atomic mass is 10.3. The summed E-state index contributed by atoms with van der Waals surface area (Å²) in [6.07, 6.45) is 1.76. The molecule has 0 atom stereocenters. The number of methoxy groups -OCH3 is 1. The van der Waals surface area contributed by atoms with Crippen molar-refractivity contribution in [3.63, 3.8) is 0 Å². The first kappa shape index (κ1) is 18.4. The van der Waals surface area contributed by atoms with Crippen LogP contribution in [0.1, 0.15) is 29.7 Å². The van der Waals surface area contributed by atoms with Gasteiger partial charge in [-0.3, -0.25) is 0 Å². The lowest BCUT2D eigenvalue weighted by Gasteiger charge is -2.21. The molecular weight excluding hydrogens is 336 g/mol. The van der Waals surface area contributed by atoms with E-state index in [2.05, 4.69) is 15.0 Å². The Balaban J connectivity index is 2.09. The summed E-state index contributed by atoms with van der Waals surface area (Å²) in [5, 5.41) is 2.37. The molecule has 0 unspecified atom stereocenters. The third-order valence-electron chi connectivity index (χ3n) is 3.23. The monoisotopic (exact) mass is 353 g/mol. The van der Waals surface area contributed by atoms with E-state index in [-0.39, 0.29) is 23.8 Å². The van der Waals surface area contributed by atoms with Crippen LogP contribution in [0.25, 0.3) is 0 Å². The molecule has 0 aliphatic rings. The van der Waals surface area contributed by atoms with E-state index in [4.69, 9.17) is 4.42 Å². The number of carbonyl (C=O) groups excluding carboxylic acids is 2. The lowest BCUT2D eigenvalue weighted by Crippen LogP contribution is -2.35. The number of rotatable bonds is 6. The lowest BCUT2D eigenvalue weighted by molar-refractivity contribution is 0.0594. The third-order valence-corrected chi connectivity index (χ3v) is 3.23. The van der Waals surface area contributed by atoms with E-state index >= 15 is 0 Å². The van der Waals surface area contributed by atoms with Crippen LogP contribution in [0, 0.1) is 11.6 Å². The molecule has 9 heteroatoms.